The number of hydrogen-bond acceptors (Lipinski definition) is 5. The van der Waals surface area contributed by atoms with E-state index < -0.39 is 12.0 Å². The summed E-state index contributed by atoms with van der Waals surface area (Å²) in [6.45, 7) is 4.93. The molecule has 0 spiro atoms. The van der Waals surface area contributed by atoms with E-state index in [1.165, 1.54) is 4.90 Å². The Morgan fingerprint density at radius 3 is 2.22 bits per heavy atom. The number of nitrogens with zero attached hydrogens (tertiary/aromatic N) is 3. The van der Waals surface area contributed by atoms with Gasteiger partial charge in [0.05, 0.1) is 5.92 Å². The Labute approximate surface area is 217 Å². The highest BCUT2D eigenvalue weighted by Gasteiger charge is 2.24. The molecule has 0 aliphatic carbocycles. The third-order valence-electron chi connectivity index (χ3n) is 6.11. The van der Waals surface area contributed by atoms with E-state index in [1.807, 2.05) is 24.3 Å². The summed E-state index contributed by atoms with van der Waals surface area (Å²) in [6.07, 6.45) is 3.17. The molecule has 1 amide bonds. The van der Waals surface area contributed by atoms with Crippen molar-refractivity contribution in [3.05, 3.63) is 83.1 Å². The van der Waals surface area contributed by atoms with Crippen LogP contribution in [0.1, 0.15) is 47.4 Å². The summed E-state index contributed by atoms with van der Waals surface area (Å²) in [6, 6.07) is 17.8. The number of nitrogens with one attached hydrogen (secondary N) is 1. The van der Waals surface area contributed by atoms with E-state index in [-0.39, 0.29) is 23.7 Å². The Balaban J connectivity index is 1.89. The van der Waals surface area contributed by atoms with Gasteiger partial charge in [0.2, 0.25) is 5.78 Å². The van der Waals surface area contributed by atoms with Crippen molar-refractivity contribution in [3.8, 4) is 0 Å². The predicted octanol–water partition coefficient (Wildman–Crippen LogP) is 3.10. The first-order chi connectivity index (χ1) is 17.9. The fourth-order valence-electron chi connectivity index (χ4n) is 3.99. The number of rotatable bonds is 4. The molecule has 2 N–H and O–H groups in total. The normalized spacial score (nSPS) is 17.8. The standard InChI is InChI=1S/C29H32N4O4/c1-21-25(27(34)23-11-5-3-6-12-23)19-30-15-9-16-31-20-26(28(35)24-13-7-4-8-14-24)22(2)33(29(36)37)18-10-17-32-21/h3-8,11-14,19-20,25H,9-10,15-18H2,1-2H3,(H,36,37)/p+1. The largest absolute Gasteiger partial charge is 0.465 e. The molecule has 1 aliphatic rings. The van der Waals surface area contributed by atoms with Crippen LogP contribution in [0, 0.1) is 5.92 Å². The highest BCUT2D eigenvalue weighted by atomic mass is 16.4. The van der Waals surface area contributed by atoms with Crippen LogP contribution in [0.4, 0.5) is 4.79 Å². The molecule has 192 valence electrons. The number of amides is 1. The lowest BCUT2D eigenvalue weighted by atomic mass is 9.94. The maximum atomic E-state index is 13.3. The minimum Gasteiger partial charge on any atom is -0.465 e. The highest BCUT2D eigenvalue weighted by molar-refractivity contribution is 6.21. The Morgan fingerprint density at radius 2 is 1.57 bits per heavy atom. The first kappa shape index (κ1) is 27.4. The molecule has 0 saturated carbocycles. The van der Waals surface area contributed by atoms with Crippen LogP contribution in [0.5, 0.6) is 0 Å². The Bertz CT molecular complexity index is 1220. The van der Waals surface area contributed by atoms with Gasteiger partial charge in [-0.3, -0.25) is 24.5 Å². The Kier molecular flexibility index (Phi) is 10.2. The number of aliphatic imine (C=N–C) groups is 2. The van der Waals surface area contributed by atoms with Crippen LogP contribution in [-0.4, -0.2) is 72.0 Å². The number of hydrogen-bond donors (Lipinski definition) is 2. The fraction of sp³-hybridized carbons (Fsp3) is 0.310. The molecule has 0 fully saturated rings. The molecule has 37 heavy (non-hydrogen) atoms. The second-order valence-electron chi connectivity index (χ2n) is 8.72. The Morgan fingerprint density at radius 1 is 0.919 bits per heavy atom. The van der Waals surface area contributed by atoms with Crippen molar-refractivity contribution in [1.29, 1.82) is 0 Å². The quantitative estimate of drug-likeness (QED) is 0.627. The van der Waals surface area contributed by atoms with Crippen LogP contribution in [0.25, 0.3) is 0 Å². The summed E-state index contributed by atoms with van der Waals surface area (Å²) in [4.78, 5) is 51.9. The van der Waals surface area contributed by atoms with Crippen LogP contribution < -0.4 is 4.99 Å². The monoisotopic (exact) mass is 501 g/mol. The number of allylic oxidation sites excluding steroid dienone is 2. The Hall–Kier alpha value is -4.20. The van der Waals surface area contributed by atoms with Gasteiger partial charge in [-0.1, -0.05) is 60.7 Å². The smallest absolute Gasteiger partial charge is 0.411 e. The van der Waals surface area contributed by atoms with E-state index in [0.717, 1.165) is 0 Å². The molecule has 1 heterocycles. The fourth-order valence-corrected chi connectivity index (χ4v) is 3.99. The molecular formula is C29H33N4O4+. The van der Waals surface area contributed by atoms with Gasteiger partial charge in [0, 0.05) is 54.8 Å². The molecule has 2 aromatic rings. The van der Waals surface area contributed by atoms with E-state index in [4.69, 9.17) is 0 Å². The van der Waals surface area contributed by atoms with Gasteiger partial charge in [-0.25, -0.2) is 9.79 Å². The molecular weight excluding hydrogens is 468 g/mol. The van der Waals surface area contributed by atoms with Crippen molar-refractivity contribution in [1.82, 2.24) is 4.90 Å². The second-order valence-corrected chi connectivity index (χ2v) is 8.72. The zero-order valence-electron chi connectivity index (χ0n) is 21.3. The molecule has 1 unspecified atom stereocenters. The number of benzene rings is 2. The van der Waals surface area contributed by atoms with Gasteiger partial charge in [-0.15, -0.1) is 0 Å². The molecule has 3 rings (SSSR count). The van der Waals surface area contributed by atoms with Crippen molar-refractivity contribution < 1.29 is 24.5 Å². The van der Waals surface area contributed by atoms with Gasteiger partial charge in [0.15, 0.2) is 12.0 Å². The van der Waals surface area contributed by atoms with Crippen molar-refractivity contribution >= 4 is 35.8 Å². The molecule has 0 radical (unpaired) electrons. The molecule has 0 aromatic heterocycles. The molecule has 1 atom stereocenters. The van der Waals surface area contributed by atoms with Gasteiger partial charge in [0.25, 0.3) is 0 Å². The number of ketones is 2. The van der Waals surface area contributed by atoms with Gasteiger partial charge < -0.3 is 5.11 Å². The molecule has 0 bridgehead atoms. The minimum absolute atomic E-state index is 0.0758. The van der Waals surface area contributed by atoms with Crippen LogP contribution >= 0.6 is 0 Å². The van der Waals surface area contributed by atoms with E-state index in [2.05, 4.69) is 15.0 Å². The average Bonchev–Trinajstić information content (AvgIpc) is 2.91. The number of carbonyl (C=O) groups is 3. The van der Waals surface area contributed by atoms with E-state index >= 15 is 0 Å². The maximum Gasteiger partial charge on any atom is 0.411 e. The topological polar surface area (TPSA) is 113 Å². The van der Waals surface area contributed by atoms with Crippen LogP contribution in [0.3, 0.4) is 0 Å². The van der Waals surface area contributed by atoms with Gasteiger partial charge >= 0.3 is 6.09 Å². The number of Topliss-reactive ketones (excluding diaryl/α,β-unsaturated/α-hetero) is 2. The molecule has 8 heteroatoms. The van der Waals surface area contributed by atoms with Crippen molar-refractivity contribution in [2.75, 3.05) is 26.2 Å². The van der Waals surface area contributed by atoms with Gasteiger partial charge in [-0.05, 0) is 20.3 Å². The van der Waals surface area contributed by atoms with E-state index in [1.54, 1.807) is 62.7 Å². The van der Waals surface area contributed by atoms with E-state index in [0.29, 0.717) is 55.0 Å². The van der Waals surface area contributed by atoms with Crippen LogP contribution in [0.2, 0.25) is 0 Å². The van der Waals surface area contributed by atoms with Crippen molar-refractivity contribution in [2.24, 2.45) is 15.9 Å². The van der Waals surface area contributed by atoms with E-state index in [9.17, 15) is 19.5 Å². The lowest BCUT2D eigenvalue weighted by Crippen LogP contribution is -2.69. The zero-order valence-corrected chi connectivity index (χ0v) is 21.3. The van der Waals surface area contributed by atoms with Crippen LogP contribution in [-0.2, 0) is 0 Å². The first-order valence-corrected chi connectivity index (χ1v) is 12.4. The third-order valence-corrected chi connectivity index (χ3v) is 6.11. The summed E-state index contributed by atoms with van der Waals surface area (Å²) in [5.74, 6) is -0.914. The van der Waals surface area contributed by atoms with Gasteiger partial charge in [-0.2, -0.15) is 0 Å². The molecule has 1 aliphatic heterocycles. The SMILES string of the molecule is CC1=NCCCN(C(=O)O)C(C)=C(C(=O)c2ccccc2)C=[NH+]CCCN=CC1C(=O)c1ccccc1. The summed E-state index contributed by atoms with van der Waals surface area (Å²) in [5.41, 5.74) is 2.33. The zero-order chi connectivity index (χ0) is 26.6. The lowest BCUT2D eigenvalue weighted by molar-refractivity contribution is -0.451. The van der Waals surface area contributed by atoms with Crippen LogP contribution in [0.15, 0.2) is 81.9 Å². The summed E-state index contributed by atoms with van der Waals surface area (Å²) < 4.78 is 0. The molecule has 8 nitrogen and oxygen atoms in total. The summed E-state index contributed by atoms with van der Waals surface area (Å²) in [7, 11) is 0. The summed E-state index contributed by atoms with van der Waals surface area (Å²) >= 11 is 0. The first-order valence-electron chi connectivity index (χ1n) is 12.4. The van der Waals surface area contributed by atoms with Crippen molar-refractivity contribution in [3.63, 3.8) is 0 Å². The second kappa shape index (κ2) is 13.8. The maximum absolute atomic E-state index is 13.3. The summed E-state index contributed by atoms with van der Waals surface area (Å²) in [5, 5.41) is 9.91. The molecule has 0 saturated heterocycles. The highest BCUT2D eigenvalue weighted by Crippen LogP contribution is 2.16. The molecule has 2 aromatic carbocycles. The number of carbonyl (C=O) groups excluding carboxylic acids is 2. The van der Waals surface area contributed by atoms with Gasteiger partial charge in [0.1, 0.15) is 12.1 Å². The predicted molar refractivity (Wildman–Crippen MR) is 145 cm³/mol. The lowest BCUT2D eigenvalue weighted by Gasteiger charge is -2.21. The third kappa shape index (κ3) is 7.64. The minimum atomic E-state index is -1.14. The van der Waals surface area contributed by atoms with Crippen molar-refractivity contribution in [2.45, 2.75) is 26.7 Å². The number of carboxylic acid groups (broad SMARTS) is 1. The average molecular weight is 502 g/mol.